The summed E-state index contributed by atoms with van der Waals surface area (Å²) in [5.41, 5.74) is 6.21. The van der Waals surface area contributed by atoms with Crippen molar-refractivity contribution in [1.82, 2.24) is 0 Å². The molecule has 0 aliphatic rings. The minimum Gasteiger partial charge on any atom is -0.451 e. The summed E-state index contributed by atoms with van der Waals surface area (Å²) in [7, 11) is 0. The van der Waals surface area contributed by atoms with Crippen molar-refractivity contribution < 1.29 is 22.7 Å². The number of halogens is 3. The Kier molecular flexibility index (Phi) is 4.12. The Labute approximate surface area is 125 Å². The zero-order chi connectivity index (χ0) is 16.6. The molecule has 2 aromatic carbocycles. The van der Waals surface area contributed by atoms with Crippen LogP contribution in [0.25, 0.3) is 0 Å². The van der Waals surface area contributed by atoms with Gasteiger partial charge in [-0.05, 0) is 32.4 Å². The lowest BCUT2D eigenvalue weighted by molar-refractivity contribution is 0.101. The molecule has 2 rings (SSSR count). The van der Waals surface area contributed by atoms with Gasteiger partial charge in [-0.2, -0.15) is 4.39 Å². The molecular weight excluding hydrogens is 295 g/mol. The Bertz CT molecular complexity index is 746. The molecule has 0 aliphatic carbocycles. The van der Waals surface area contributed by atoms with Gasteiger partial charge >= 0.3 is 0 Å². The van der Waals surface area contributed by atoms with E-state index < -0.39 is 28.9 Å². The van der Waals surface area contributed by atoms with Crippen molar-refractivity contribution in [3.63, 3.8) is 0 Å². The molecule has 0 saturated heterocycles. The molecule has 0 unspecified atom stereocenters. The van der Waals surface area contributed by atoms with Crippen molar-refractivity contribution in [2.75, 3.05) is 5.73 Å². The fraction of sp³-hybridized carbons (Fsp3) is 0.188. The Morgan fingerprint density at radius 1 is 1.14 bits per heavy atom. The van der Waals surface area contributed by atoms with E-state index in [0.717, 1.165) is 0 Å². The number of hydrogen-bond donors (Lipinski definition) is 1. The Morgan fingerprint density at radius 3 is 2.36 bits per heavy atom. The van der Waals surface area contributed by atoms with Gasteiger partial charge in [-0.25, -0.2) is 8.78 Å². The second-order valence-electron chi connectivity index (χ2n) is 4.94. The number of rotatable bonds is 3. The molecular formula is C16H14F3NO2. The van der Waals surface area contributed by atoms with Crippen LogP contribution in [0.3, 0.4) is 0 Å². The molecule has 0 amide bonds. The minimum absolute atomic E-state index is 0.0543. The van der Waals surface area contributed by atoms with Gasteiger partial charge in [-0.1, -0.05) is 6.07 Å². The van der Waals surface area contributed by atoms with E-state index in [-0.39, 0.29) is 11.5 Å². The van der Waals surface area contributed by atoms with Gasteiger partial charge in [0.1, 0.15) is 5.75 Å². The number of ketones is 1. The highest BCUT2D eigenvalue weighted by Gasteiger charge is 2.21. The molecule has 3 nitrogen and oxygen atoms in total. The fourth-order valence-corrected chi connectivity index (χ4v) is 2.28. The third-order valence-corrected chi connectivity index (χ3v) is 3.33. The molecule has 0 aliphatic heterocycles. The van der Waals surface area contributed by atoms with E-state index in [1.54, 1.807) is 19.9 Å². The normalized spacial score (nSPS) is 10.6. The Balaban J connectivity index is 2.58. The van der Waals surface area contributed by atoms with E-state index in [4.69, 9.17) is 10.5 Å². The van der Waals surface area contributed by atoms with Crippen LogP contribution in [0.4, 0.5) is 18.9 Å². The minimum atomic E-state index is -1.48. The second kappa shape index (κ2) is 5.71. The largest absolute Gasteiger partial charge is 0.451 e. The Morgan fingerprint density at radius 2 is 1.77 bits per heavy atom. The summed E-state index contributed by atoms with van der Waals surface area (Å²) < 4.78 is 46.1. The lowest BCUT2D eigenvalue weighted by Gasteiger charge is -2.15. The number of carbonyl (C=O) groups excluding carboxylic acids is 1. The summed E-state index contributed by atoms with van der Waals surface area (Å²) in [5.74, 6) is -5.07. The fourth-order valence-electron chi connectivity index (χ4n) is 2.28. The molecule has 0 aromatic heterocycles. The van der Waals surface area contributed by atoms with Gasteiger partial charge in [-0.3, -0.25) is 4.79 Å². The molecule has 0 saturated carbocycles. The SMILES string of the molecule is CC(=O)c1c(C)ccc(Oc2c(F)c(N)cc(F)c2F)c1C. The van der Waals surface area contributed by atoms with E-state index in [0.29, 0.717) is 22.8 Å². The number of Topliss-reactive ketones (excluding diaryl/α,β-unsaturated/α-hetero) is 1. The maximum atomic E-state index is 13.9. The molecule has 0 spiro atoms. The smallest absolute Gasteiger partial charge is 0.204 e. The summed E-state index contributed by atoms with van der Waals surface area (Å²) in [4.78, 5) is 11.7. The van der Waals surface area contributed by atoms with Gasteiger partial charge in [0.05, 0.1) is 5.69 Å². The van der Waals surface area contributed by atoms with Crippen molar-refractivity contribution in [1.29, 1.82) is 0 Å². The van der Waals surface area contributed by atoms with Crippen LogP contribution in [0.1, 0.15) is 28.4 Å². The van der Waals surface area contributed by atoms with Gasteiger partial charge in [0.15, 0.2) is 17.4 Å². The van der Waals surface area contributed by atoms with Gasteiger partial charge in [0.2, 0.25) is 11.6 Å². The van der Waals surface area contributed by atoms with Crippen LogP contribution < -0.4 is 10.5 Å². The average molecular weight is 309 g/mol. The summed E-state index contributed by atoms with van der Waals surface area (Å²) >= 11 is 0. The van der Waals surface area contributed by atoms with Crippen LogP contribution >= 0.6 is 0 Å². The van der Waals surface area contributed by atoms with Gasteiger partial charge in [-0.15, -0.1) is 0 Å². The van der Waals surface area contributed by atoms with E-state index in [9.17, 15) is 18.0 Å². The molecule has 0 fully saturated rings. The van der Waals surface area contributed by atoms with Crippen molar-refractivity contribution in [2.24, 2.45) is 0 Å². The molecule has 0 heterocycles. The Hall–Kier alpha value is -2.50. The summed E-state index contributed by atoms with van der Waals surface area (Å²) in [6.45, 7) is 4.69. The number of anilines is 1. The third kappa shape index (κ3) is 2.64. The van der Waals surface area contributed by atoms with Crippen molar-refractivity contribution in [3.8, 4) is 11.5 Å². The summed E-state index contributed by atoms with van der Waals surface area (Å²) in [6.07, 6.45) is 0. The van der Waals surface area contributed by atoms with Crippen LogP contribution in [-0.2, 0) is 0 Å². The third-order valence-electron chi connectivity index (χ3n) is 3.33. The predicted molar refractivity (Wildman–Crippen MR) is 76.7 cm³/mol. The maximum absolute atomic E-state index is 13.9. The number of ether oxygens (including phenoxy) is 1. The van der Waals surface area contributed by atoms with Crippen LogP contribution in [0.5, 0.6) is 11.5 Å². The van der Waals surface area contributed by atoms with E-state index in [1.807, 2.05) is 0 Å². The molecule has 116 valence electrons. The van der Waals surface area contributed by atoms with E-state index in [2.05, 4.69) is 0 Å². The monoisotopic (exact) mass is 309 g/mol. The van der Waals surface area contributed by atoms with E-state index >= 15 is 0 Å². The lowest BCUT2D eigenvalue weighted by Crippen LogP contribution is -2.05. The van der Waals surface area contributed by atoms with Crippen LogP contribution in [0, 0.1) is 31.3 Å². The van der Waals surface area contributed by atoms with Crippen LogP contribution in [0.15, 0.2) is 18.2 Å². The second-order valence-corrected chi connectivity index (χ2v) is 4.94. The first-order valence-electron chi connectivity index (χ1n) is 6.46. The molecule has 6 heteroatoms. The number of carbonyl (C=O) groups is 1. The number of hydrogen-bond acceptors (Lipinski definition) is 3. The lowest BCUT2D eigenvalue weighted by atomic mass is 9.99. The summed E-state index contributed by atoms with van der Waals surface area (Å²) in [5, 5.41) is 0. The van der Waals surface area contributed by atoms with Crippen molar-refractivity contribution in [2.45, 2.75) is 20.8 Å². The zero-order valence-electron chi connectivity index (χ0n) is 12.3. The number of benzene rings is 2. The van der Waals surface area contributed by atoms with Crippen LogP contribution in [0.2, 0.25) is 0 Å². The zero-order valence-corrected chi connectivity index (χ0v) is 12.3. The summed E-state index contributed by atoms with van der Waals surface area (Å²) in [6, 6.07) is 3.58. The van der Waals surface area contributed by atoms with Gasteiger partial charge in [0, 0.05) is 17.2 Å². The first-order valence-corrected chi connectivity index (χ1v) is 6.46. The highest BCUT2D eigenvalue weighted by atomic mass is 19.2. The van der Waals surface area contributed by atoms with Crippen molar-refractivity contribution in [3.05, 3.63) is 52.3 Å². The maximum Gasteiger partial charge on any atom is 0.204 e. The van der Waals surface area contributed by atoms with Crippen LogP contribution in [-0.4, -0.2) is 5.78 Å². The highest BCUT2D eigenvalue weighted by molar-refractivity contribution is 5.97. The standard InChI is InChI=1S/C16H14F3NO2/c1-7-4-5-12(8(2)13(7)9(3)21)22-16-14(18)10(17)6-11(20)15(16)19/h4-6H,20H2,1-3H3. The molecule has 22 heavy (non-hydrogen) atoms. The van der Waals surface area contributed by atoms with Gasteiger partial charge < -0.3 is 10.5 Å². The topological polar surface area (TPSA) is 52.3 Å². The van der Waals surface area contributed by atoms with Gasteiger partial charge in [0.25, 0.3) is 0 Å². The average Bonchev–Trinajstić information content (AvgIpc) is 2.43. The molecule has 2 aromatic rings. The molecule has 0 radical (unpaired) electrons. The highest BCUT2D eigenvalue weighted by Crippen LogP contribution is 2.35. The number of aryl methyl sites for hydroxylation is 1. The number of nitrogen functional groups attached to an aromatic ring is 1. The molecule has 2 N–H and O–H groups in total. The molecule has 0 atom stereocenters. The number of nitrogens with two attached hydrogens (primary N) is 1. The predicted octanol–water partition coefficient (Wildman–Crippen LogP) is 4.30. The quantitative estimate of drug-likeness (QED) is 0.522. The van der Waals surface area contributed by atoms with Crippen molar-refractivity contribution >= 4 is 11.5 Å². The molecule has 0 bridgehead atoms. The van der Waals surface area contributed by atoms with E-state index in [1.165, 1.54) is 13.0 Å². The first-order chi connectivity index (χ1) is 10.2. The first kappa shape index (κ1) is 15.9.